The third kappa shape index (κ3) is 9.27. The first-order valence-corrected chi connectivity index (χ1v) is 9.05. The molecule has 0 unspecified atom stereocenters. The molecular formula is C12H23IN4O2S2. The van der Waals surface area contributed by atoms with Gasteiger partial charge in [0.05, 0.1) is 12.3 Å². The van der Waals surface area contributed by atoms with E-state index in [1.807, 2.05) is 11.4 Å². The van der Waals surface area contributed by atoms with Crippen LogP contribution in [0.2, 0.25) is 0 Å². The summed E-state index contributed by atoms with van der Waals surface area (Å²) in [6.45, 7) is 3.46. The van der Waals surface area contributed by atoms with Crippen molar-refractivity contribution in [2.24, 2.45) is 4.99 Å². The monoisotopic (exact) mass is 446 g/mol. The van der Waals surface area contributed by atoms with Crippen LogP contribution >= 0.6 is 35.3 Å². The molecule has 1 aromatic rings. The maximum absolute atomic E-state index is 11.2. The Labute approximate surface area is 147 Å². The van der Waals surface area contributed by atoms with Crippen LogP contribution in [0.1, 0.15) is 18.2 Å². The van der Waals surface area contributed by atoms with Crippen molar-refractivity contribution < 1.29 is 8.42 Å². The second-order valence-electron chi connectivity index (χ2n) is 4.08. The van der Waals surface area contributed by atoms with E-state index in [-0.39, 0.29) is 29.7 Å². The summed E-state index contributed by atoms with van der Waals surface area (Å²) >= 11 is 1.69. The van der Waals surface area contributed by atoms with Crippen LogP contribution in [-0.4, -0.2) is 40.3 Å². The van der Waals surface area contributed by atoms with Crippen LogP contribution in [0.25, 0.3) is 0 Å². The summed E-state index contributed by atoms with van der Waals surface area (Å²) in [7, 11) is -1.38. The number of sulfonamides is 1. The lowest BCUT2D eigenvalue weighted by Gasteiger charge is -2.11. The van der Waals surface area contributed by atoms with Gasteiger partial charge in [0.1, 0.15) is 0 Å². The van der Waals surface area contributed by atoms with Crippen LogP contribution in [0.5, 0.6) is 0 Å². The molecule has 0 saturated heterocycles. The van der Waals surface area contributed by atoms with Gasteiger partial charge in [-0.25, -0.2) is 13.1 Å². The third-order valence-electron chi connectivity index (χ3n) is 2.58. The number of rotatable bonds is 8. The predicted octanol–water partition coefficient (Wildman–Crippen LogP) is 1.36. The molecule has 0 atom stereocenters. The number of aliphatic imine (C=N–C) groups is 1. The smallest absolute Gasteiger partial charge is 0.211 e. The zero-order valence-corrected chi connectivity index (χ0v) is 16.2. The lowest BCUT2D eigenvalue weighted by atomic mass is 10.4. The van der Waals surface area contributed by atoms with Crippen LogP contribution in [0.15, 0.2) is 22.5 Å². The molecule has 1 rings (SSSR count). The van der Waals surface area contributed by atoms with Crippen LogP contribution in [0.3, 0.4) is 0 Å². The first-order chi connectivity index (χ1) is 9.57. The Hall–Kier alpha value is -0.390. The molecule has 6 nitrogen and oxygen atoms in total. The van der Waals surface area contributed by atoms with Gasteiger partial charge >= 0.3 is 0 Å². The van der Waals surface area contributed by atoms with Crippen molar-refractivity contribution in [3.05, 3.63) is 22.4 Å². The summed E-state index contributed by atoms with van der Waals surface area (Å²) in [4.78, 5) is 5.35. The van der Waals surface area contributed by atoms with E-state index in [1.165, 1.54) is 4.88 Å². The molecule has 0 amide bonds. The molecule has 0 aliphatic rings. The predicted molar refractivity (Wildman–Crippen MR) is 100 cm³/mol. The minimum absolute atomic E-state index is 0. The van der Waals surface area contributed by atoms with E-state index in [0.717, 1.165) is 12.5 Å². The van der Waals surface area contributed by atoms with E-state index in [9.17, 15) is 8.42 Å². The first kappa shape index (κ1) is 20.6. The molecule has 0 fully saturated rings. The fraction of sp³-hybridized carbons (Fsp3) is 0.583. The number of guanidine groups is 1. The Kier molecular flexibility index (Phi) is 11.0. The average Bonchev–Trinajstić information content (AvgIpc) is 2.95. The number of hydrogen-bond acceptors (Lipinski definition) is 4. The second kappa shape index (κ2) is 11.2. The fourth-order valence-corrected chi connectivity index (χ4v) is 2.73. The molecule has 0 aliphatic heterocycles. The summed E-state index contributed by atoms with van der Waals surface area (Å²) in [6, 6.07) is 4.07. The van der Waals surface area contributed by atoms with Crippen LogP contribution in [-0.2, 0) is 16.6 Å². The van der Waals surface area contributed by atoms with Gasteiger partial charge in [0.2, 0.25) is 10.0 Å². The molecule has 9 heteroatoms. The van der Waals surface area contributed by atoms with Gasteiger partial charge in [0.15, 0.2) is 5.96 Å². The molecule has 1 aromatic heterocycles. The van der Waals surface area contributed by atoms with Gasteiger partial charge in [-0.05, 0) is 24.8 Å². The molecule has 0 spiro atoms. The minimum atomic E-state index is -3.09. The molecule has 122 valence electrons. The molecule has 0 bridgehead atoms. The van der Waals surface area contributed by atoms with Gasteiger partial charge in [-0.2, -0.15) is 0 Å². The number of halogens is 1. The number of nitrogens with zero attached hydrogens (tertiary/aromatic N) is 1. The van der Waals surface area contributed by atoms with E-state index in [2.05, 4.69) is 26.4 Å². The quantitative estimate of drug-likeness (QED) is 0.244. The molecule has 0 saturated carbocycles. The van der Waals surface area contributed by atoms with Gasteiger partial charge in [-0.3, -0.25) is 4.99 Å². The minimum Gasteiger partial charge on any atom is -0.356 e. The Morgan fingerprint density at radius 3 is 2.67 bits per heavy atom. The van der Waals surface area contributed by atoms with Crippen molar-refractivity contribution in [2.45, 2.75) is 19.9 Å². The van der Waals surface area contributed by atoms with Crippen LogP contribution in [0.4, 0.5) is 0 Å². The highest BCUT2D eigenvalue weighted by Gasteiger charge is 2.04. The zero-order valence-electron chi connectivity index (χ0n) is 12.3. The Morgan fingerprint density at radius 2 is 2.10 bits per heavy atom. The lowest BCUT2D eigenvalue weighted by Crippen LogP contribution is -2.38. The average molecular weight is 446 g/mol. The van der Waals surface area contributed by atoms with Gasteiger partial charge in [-0.15, -0.1) is 35.3 Å². The Bertz CT molecular complexity index is 503. The first-order valence-electron chi connectivity index (χ1n) is 6.51. The van der Waals surface area contributed by atoms with Crippen molar-refractivity contribution in [3.63, 3.8) is 0 Å². The van der Waals surface area contributed by atoms with E-state index in [0.29, 0.717) is 19.5 Å². The number of nitrogens with one attached hydrogen (secondary N) is 3. The highest BCUT2D eigenvalue weighted by atomic mass is 127. The molecule has 0 aliphatic carbocycles. The molecule has 21 heavy (non-hydrogen) atoms. The van der Waals surface area contributed by atoms with Gasteiger partial charge < -0.3 is 10.6 Å². The Morgan fingerprint density at radius 1 is 1.33 bits per heavy atom. The maximum Gasteiger partial charge on any atom is 0.211 e. The molecule has 1 heterocycles. The van der Waals surface area contributed by atoms with E-state index >= 15 is 0 Å². The Balaban J connectivity index is 0.00000400. The summed E-state index contributed by atoms with van der Waals surface area (Å²) < 4.78 is 25.0. The van der Waals surface area contributed by atoms with Crippen molar-refractivity contribution in [1.29, 1.82) is 0 Å². The zero-order chi connectivity index (χ0) is 14.8. The largest absolute Gasteiger partial charge is 0.356 e. The maximum atomic E-state index is 11.2. The summed E-state index contributed by atoms with van der Waals surface area (Å²) in [5, 5.41) is 8.38. The van der Waals surface area contributed by atoms with E-state index in [4.69, 9.17) is 0 Å². The standard InChI is InChI=1S/C12H22N4O2S2.HI/c1-3-20(17,18)16-8-5-7-14-12(13-2)15-10-11-6-4-9-19-11;/h4,6,9,16H,3,5,7-8,10H2,1-2H3,(H2,13,14,15);1H. The highest BCUT2D eigenvalue weighted by Crippen LogP contribution is 2.06. The normalized spacial score (nSPS) is 11.8. The van der Waals surface area contributed by atoms with Crippen LogP contribution in [0, 0.1) is 0 Å². The second-order valence-corrected chi connectivity index (χ2v) is 7.21. The van der Waals surface area contributed by atoms with Crippen molar-refractivity contribution >= 4 is 51.3 Å². The third-order valence-corrected chi connectivity index (χ3v) is 4.86. The van der Waals surface area contributed by atoms with Crippen molar-refractivity contribution in [1.82, 2.24) is 15.4 Å². The molecule has 0 aromatic carbocycles. The number of hydrogen-bond donors (Lipinski definition) is 3. The summed E-state index contributed by atoms with van der Waals surface area (Å²) in [5.41, 5.74) is 0. The molecule has 0 radical (unpaired) electrons. The summed E-state index contributed by atoms with van der Waals surface area (Å²) in [6.07, 6.45) is 0.707. The molecular weight excluding hydrogens is 423 g/mol. The topological polar surface area (TPSA) is 82.6 Å². The highest BCUT2D eigenvalue weighted by molar-refractivity contribution is 14.0. The molecule has 3 N–H and O–H groups in total. The van der Waals surface area contributed by atoms with Crippen molar-refractivity contribution in [2.75, 3.05) is 25.9 Å². The number of thiophene rings is 1. The van der Waals surface area contributed by atoms with Crippen molar-refractivity contribution in [3.8, 4) is 0 Å². The van der Waals surface area contributed by atoms with Gasteiger partial charge in [-0.1, -0.05) is 6.07 Å². The summed E-state index contributed by atoms with van der Waals surface area (Å²) in [5.74, 6) is 0.835. The fourth-order valence-electron chi connectivity index (χ4n) is 1.43. The van der Waals surface area contributed by atoms with Gasteiger partial charge in [0, 0.05) is 25.0 Å². The van der Waals surface area contributed by atoms with Crippen LogP contribution < -0.4 is 15.4 Å². The van der Waals surface area contributed by atoms with E-state index in [1.54, 1.807) is 25.3 Å². The van der Waals surface area contributed by atoms with Gasteiger partial charge in [0.25, 0.3) is 0 Å². The lowest BCUT2D eigenvalue weighted by molar-refractivity contribution is 0.579. The SMILES string of the molecule is CCS(=O)(=O)NCCCNC(=NC)NCc1cccs1.I. The van der Waals surface area contributed by atoms with E-state index < -0.39 is 10.0 Å².